The van der Waals surface area contributed by atoms with E-state index in [-0.39, 0.29) is 12.5 Å². The van der Waals surface area contributed by atoms with E-state index in [0.29, 0.717) is 5.92 Å². The molecular formula is C14H17NO2. The minimum Gasteiger partial charge on any atom is -0.392 e. The minimum atomic E-state index is -0.0931. The van der Waals surface area contributed by atoms with Crippen molar-refractivity contribution in [2.24, 2.45) is 5.92 Å². The van der Waals surface area contributed by atoms with Gasteiger partial charge in [0.2, 0.25) is 5.91 Å². The van der Waals surface area contributed by atoms with Crippen LogP contribution in [0.4, 0.5) is 5.69 Å². The van der Waals surface area contributed by atoms with Gasteiger partial charge in [-0.3, -0.25) is 4.79 Å². The maximum absolute atomic E-state index is 11.7. The van der Waals surface area contributed by atoms with Gasteiger partial charge in [0.15, 0.2) is 0 Å². The summed E-state index contributed by atoms with van der Waals surface area (Å²) < 4.78 is 0. The molecule has 1 aromatic carbocycles. The van der Waals surface area contributed by atoms with Crippen molar-refractivity contribution in [1.82, 2.24) is 0 Å². The lowest BCUT2D eigenvalue weighted by Crippen LogP contribution is -2.09. The predicted octanol–water partition coefficient (Wildman–Crippen LogP) is 2.47. The molecule has 1 amide bonds. The Labute approximate surface area is 101 Å². The standard InChI is InChI=1S/C14H17NO2/c1-10(12-5-6-12)7-14(17)15-13-4-2-3-11(8-13)9-16/h2-4,7-8,12,16H,5-6,9H2,1H3,(H,15,17). The number of nitrogens with one attached hydrogen (secondary N) is 1. The first-order chi connectivity index (χ1) is 8.19. The number of hydrogen-bond donors (Lipinski definition) is 2. The molecule has 0 aromatic heterocycles. The van der Waals surface area contributed by atoms with Crippen molar-refractivity contribution < 1.29 is 9.90 Å². The molecular weight excluding hydrogens is 214 g/mol. The summed E-state index contributed by atoms with van der Waals surface area (Å²) in [6.07, 6.45) is 4.08. The van der Waals surface area contributed by atoms with Crippen LogP contribution in [0.3, 0.4) is 0 Å². The van der Waals surface area contributed by atoms with E-state index in [1.807, 2.05) is 25.1 Å². The van der Waals surface area contributed by atoms with E-state index in [9.17, 15) is 4.79 Å². The van der Waals surface area contributed by atoms with Gasteiger partial charge in [-0.25, -0.2) is 0 Å². The van der Waals surface area contributed by atoms with E-state index < -0.39 is 0 Å². The fraction of sp³-hybridized carbons (Fsp3) is 0.357. The molecule has 0 saturated heterocycles. The zero-order chi connectivity index (χ0) is 12.3. The predicted molar refractivity (Wildman–Crippen MR) is 67.5 cm³/mol. The highest BCUT2D eigenvalue weighted by atomic mass is 16.3. The van der Waals surface area contributed by atoms with Crippen molar-refractivity contribution in [3.8, 4) is 0 Å². The molecule has 1 aliphatic rings. The monoisotopic (exact) mass is 231 g/mol. The van der Waals surface area contributed by atoms with Crippen LogP contribution in [0.5, 0.6) is 0 Å². The van der Waals surface area contributed by atoms with Crippen molar-refractivity contribution in [2.75, 3.05) is 5.32 Å². The Hall–Kier alpha value is -1.61. The van der Waals surface area contributed by atoms with Crippen LogP contribution >= 0.6 is 0 Å². The van der Waals surface area contributed by atoms with Gasteiger partial charge < -0.3 is 10.4 Å². The molecule has 90 valence electrons. The first kappa shape index (κ1) is 11.9. The average Bonchev–Trinajstić information content (AvgIpc) is 3.12. The highest BCUT2D eigenvalue weighted by Gasteiger charge is 2.23. The largest absolute Gasteiger partial charge is 0.392 e. The SMILES string of the molecule is CC(=CC(=O)Nc1cccc(CO)c1)C1CC1. The van der Waals surface area contributed by atoms with Crippen LogP contribution in [0.15, 0.2) is 35.9 Å². The van der Waals surface area contributed by atoms with Gasteiger partial charge >= 0.3 is 0 Å². The Morgan fingerprint density at radius 1 is 1.53 bits per heavy atom. The van der Waals surface area contributed by atoms with Gasteiger partial charge in [0.25, 0.3) is 0 Å². The number of carbonyl (C=O) groups is 1. The third kappa shape index (κ3) is 3.43. The topological polar surface area (TPSA) is 49.3 Å². The maximum Gasteiger partial charge on any atom is 0.248 e. The van der Waals surface area contributed by atoms with E-state index in [0.717, 1.165) is 16.8 Å². The molecule has 0 bridgehead atoms. The number of hydrogen-bond acceptors (Lipinski definition) is 2. The summed E-state index contributed by atoms with van der Waals surface area (Å²) in [4.78, 5) is 11.7. The summed E-state index contributed by atoms with van der Waals surface area (Å²) in [5, 5.41) is 11.8. The fourth-order valence-corrected chi connectivity index (χ4v) is 1.79. The summed E-state index contributed by atoms with van der Waals surface area (Å²) in [7, 11) is 0. The molecule has 1 saturated carbocycles. The summed E-state index contributed by atoms with van der Waals surface area (Å²) in [6.45, 7) is 1.99. The average molecular weight is 231 g/mol. The van der Waals surface area contributed by atoms with Crippen molar-refractivity contribution in [2.45, 2.75) is 26.4 Å². The highest BCUT2D eigenvalue weighted by Crippen LogP contribution is 2.35. The van der Waals surface area contributed by atoms with E-state index in [1.54, 1.807) is 12.1 Å². The van der Waals surface area contributed by atoms with E-state index >= 15 is 0 Å². The van der Waals surface area contributed by atoms with Crippen LogP contribution in [-0.4, -0.2) is 11.0 Å². The summed E-state index contributed by atoms with van der Waals surface area (Å²) in [5.74, 6) is 0.522. The van der Waals surface area contributed by atoms with Gasteiger partial charge in [-0.2, -0.15) is 0 Å². The molecule has 0 radical (unpaired) electrons. The maximum atomic E-state index is 11.7. The zero-order valence-electron chi connectivity index (χ0n) is 9.94. The molecule has 1 aromatic rings. The Morgan fingerprint density at radius 2 is 2.29 bits per heavy atom. The second-order valence-electron chi connectivity index (χ2n) is 4.51. The van der Waals surface area contributed by atoms with Crippen LogP contribution in [0.1, 0.15) is 25.3 Å². The van der Waals surface area contributed by atoms with Crippen molar-refractivity contribution in [3.63, 3.8) is 0 Å². The Balaban J connectivity index is 1.99. The lowest BCUT2D eigenvalue weighted by molar-refractivity contribution is -0.112. The summed E-state index contributed by atoms with van der Waals surface area (Å²) in [5.41, 5.74) is 2.67. The smallest absolute Gasteiger partial charge is 0.248 e. The molecule has 0 aliphatic heterocycles. The molecule has 2 N–H and O–H groups in total. The second-order valence-corrected chi connectivity index (χ2v) is 4.51. The number of anilines is 1. The molecule has 0 heterocycles. The van der Waals surface area contributed by atoms with E-state index in [4.69, 9.17) is 5.11 Å². The highest BCUT2D eigenvalue weighted by molar-refractivity contribution is 5.99. The third-order valence-corrected chi connectivity index (χ3v) is 2.96. The molecule has 2 rings (SSSR count). The van der Waals surface area contributed by atoms with Gasteiger partial charge in [0, 0.05) is 11.8 Å². The molecule has 0 unspecified atom stereocenters. The van der Waals surface area contributed by atoms with Gasteiger partial charge in [0.05, 0.1) is 6.61 Å². The number of rotatable bonds is 4. The fourth-order valence-electron chi connectivity index (χ4n) is 1.79. The number of amides is 1. The Morgan fingerprint density at radius 3 is 2.94 bits per heavy atom. The van der Waals surface area contributed by atoms with Crippen molar-refractivity contribution >= 4 is 11.6 Å². The van der Waals surface area contributed by atoms with E-state index in [1.165, 1.54) is 12.8 Å². The first-order valence-corrected chi connectivity index (χ1v) is 5.88. The van der Waals surface area contributed by atoms with Crippen LogP contribution < -0.4 is 5.32 Å². The lowest BCUT2D eigenvalue weighted by Gasteiger charge is -2.04. The van der Waals surface area contributed by atoms with Gasteiger partial charge in [0.1, 0.15) is 0 Å². The Bertz CT molecular complexity index is 447. The molecule has 0 spiro atoms. The molecule has 3 heteroatoms. The molecule has 0 atom stereocenters. The Kier molecular flexibility index (Phi) is 3.59. The quantitative estimate of drug-likeness (QED) is 0.782. The number of benzene rings is 1. The van der Waals surface area contributed by atoms with Gasteiger partial charge in [-0.15, -0.1) is 0 Å². The summed E-state index contributed by atoms with van der Waals surface area (Å²) >= 11 is 0. The second kappa shape index (κ2) is 5.15. The van der Waals surface area contributed by atoms with Crippen molar-refractivity contribution in [3.05, 3.63) is 41.5 Å². The van der Waals surface area contributed by atoms with Crippen LogP contribution in [0, 0.1) is 5.92 Å². The van der Waals surface area contributed by atoms with Gasteiger partial charge in [-0.1, -0.05) is 17.7 Å². The minimum absolute atomic E-state index is 0.0132. The molecule has 1 fully saturated rings. The number of aliphatic hydroxyl groups excluding tert-OH is 1. The van der Waals surface area contributed by atoms with Crippen LogP contribution in [0.25, 0.3) is 0 Å². The van der Waals surface area contributed by atoms with Gasteiger partial charge in [-0.05, 0) is 43.4 Å². The third-order valence-electron chi connectivity index (χ3n) is 2.96. The normalized spacial score (nSPS) is 15.8. The van der Waals surface area contributed by atoms with Crippen molar-refractivity contribution in [1.29, 1.82) is 0 Å². The van der Waals surface area contributed by atoms with E-state index in [2.05, 4.69) is 5.32 Å². The summed E-state index contributed by atoms with van der Waals surface area (Å²) in [6, 6.07) is 7.23. The number of allylic oxidation sites excluding steroid dienone is 1. The molecule has 3 nitrogen and oxygen atoms in total. The first-order valence-electron chi connectivity index (χ1n) is 5.88. The number of aliphatic hydroxyl groups is 1. The number of carbonyl (C=O) groups excluding carboxylic acids is 1. The lowest BCUT2D eigenvalue weighted by atomic mass is 10.2. The van der Waals surface area contributed by atoms with Crippen LogP contribution in [0.2, 0.25) is 0 Å². The van der Waals surface area contributed by atoms with Crippen LogP contribution in [-0.2, 0) is 11.4 Å². The molecule has 1 aliphatic carbocycles. The molecule has 17 heavy (non-hydrogen) atoms. The zero-order valence-corrected chi connectivity index (χ0v) is 9.94.